The van der Waals surface area contributed by atoms with Crippen molar-refractivity contribution < 1.29 is 9.53 Å². The summed E-state index contributed by atoms with van der Waals surface area (Å²) in [5.41, 5.74) is 3.65. The van der Waals surface area contributed by atoms with E-state index in [4.69, 9.17) is 14.7 Å². The number of ether oxygens (including phenoxy) is 1. The van der Waals surface area contributed by atoms with Crippen molar-refractivity contribution in [2.45, 2.75) is 116 Å². The largest absolute Gasteiger partial charge is 0.463 e. The Bertz CT molecular complexity index is 839. The van der Waals surface area contributed by atoms with Gasteiger partial charge in [-0.05, 0) is 75.3 Å². The minimum atomic E-state index is -0.187. The van der Waals surface area contributed by atoms with E-state index in [0.29, 0.717) is 5.92 Å². The number of nitrogens with zero attached hydrogens (tertiary/aromatic N) is 2. The van der Waals surface area contributed by atoms with Crippen molar-refractivity contribution in [1.82, 2.24) is 9.97 Å². The smallest absolute Gasteiger partial charge is 0.302 e. The van der Waals surface area contributed by atoms with Gasteiger partial charge in [0.1, 0.15) is 5.82 Å². The van der Waals surface area contributed by atoms with Crippen LogP contribution in [-0.2, 0) is 16.0 Å². The minimum Gasteiger partial charge on any atom is -0.463 e. The van der Waals surface area contributed by atoms with Gasteiger partial charge in [-0.25, -0.2) is 9.97 Å². The van der Waals surface area contributed by atoms with Crippen LogP contribution in [0, 0.1) is 5.92 Å². The predicted molar refractivity (Wildman–Crippen MR) is 140 cm³/mol. The summed E-state index contributed by atoms with van der Waals surface area (Å²) in [6.45, 7) is 5.73. The van der Waals surface area contributed by atoms with Crippen LogP contribution in [0.25, 0.3) is 11.1 Å². The number of hydrogen-bond acceptors (Lipinski definition) is 4. The van der Waals surface area contributed by atoms with Crippen molar-refractivity contribution in [2.24, 2.45) is 5.92 Å². The first-order valence-electron chi connectivity index (χ1n) is 13.6. The summed E-state index contributed by atoms with van der Waals surface area (Å²) in [6.07, 6.45) is 20.1. The second-order valence-electron chi connectivity index (χ2n) is 10.3. The zero-order valence-corrected chi connectivity index (χ0v) is 21.6. The maximum atomic E-state index is 11.0. The Morgan fingerprint density at radius 2 is 1.65 bits per heavy atom. The molecule has 0 amide bonds. The molecule has 1 aromatic carbocycles. The number of unbranched alkanes of at least 4 members (excludes halogenated alkanes) is 4. The Labute approximate surface area is 206 Å². The highest BCUT2D eigenvalue weighted by atomic mass is 16.5. The molecule has 2 aromatic rings. The van der Waals surface area contributed by atoms with Crippen LogP contribution in [0.15, 0.2) is 36.7 Å². The van der Waals surface area contributed by atoms with Gasteiger partial charge in [-0.1, -0.05) is 63.3 Å². The summed E-state index contributed by atoms with van der Waals surface area (Å²) in [6, 6.07) is 8.84. The molecular weight excluding hydrogens is 420 g/mol. The highest BCUT2D eigenvalue weighted by molar-refractivity contribution is 5.66. The molecule has 1 fully saturated rings. The second kappa shape index (κ2) is 14.2. The highest BCUT2D eigenvalue weighted by Crippen LogP contribution is 2.36. The Morgan fingerprint density at radius 3 is 2.29 bits per heavy atom. The first-order valence-corrected chi connectivity index (χ1v) is 13.6. The van der Waals surface area contributed by atoms with Gasteiger partial charge in [0.2, 0.25) is 0 Å². The van der Waals surface area contributed by atoms with Gasteiger partial charge < -0.3 is 4.74 Å². The summed E-state index contributed by atoms with van der Waals surface area (Å²) in [7, 11) is 0. The molecule has 0 saturated heterocycles. The van der Waals surface area contributed by atoms with E-state index >= 15 is 0 Å². The molecule has 1 heterocycles. The van der Waals surface area contributed by atoms with Crippen LogP contribution in [0.5, 0.6) is 0 Å². The van der Waals surface area contributed by atoms with Crippen LogP contribution in [0.2, 0.25) is 0 Å². The molecule has 4 heteroatoms. The van der Waals surface area contributed by atoms with Gasteiger partial charge in [-0.3, -0.25) is 4.79 Å². The fraction of sp³-hybridized carbons (Fsp3) is 0.633. The van der Waals surface area contributed by atoms with Crippen LogP contribution in [0.1, 0.15) is 115 Å². The molecule has 186 valence electrons. The normalized spacial score (nSPS) is 19.0. The second-order valence-corrected chi connectivity index (χ2v) is 10.3. The monoisotopic (exact) mass is 464 g/mol. The average Bonchev–Trinajstić information content (AvgIpc) is 2.84. The standard InChI is InChI=1S/C30H44N2O2/c1-4-5-7-11-25-15-19-28(20-16-25)30-31-21-29(22-32-30)27-17-13-26(14-18-27)12-9-6-8-10-23(2)34-24(3)33/h13-14,17-18,21-23,25,28H,4-12,15-16,19-20H2,1-3H3. The van der Waals surface area contributed by atoms with Gasteiger partial charge in [0.15, 0.2) is 0 Å². The quantitative estimate of drug-likeness (QED) is 0.222. The molecule has 0 bridgehead atoms. The van der Waals surface area contributed by atoms with Crippen molar-refractivity contribution in [3.05, 3.63) is 48.0 Å². The van der Waals surface area contributed by atoms with Crippen molar-refractivity contribution in [2.75, 3.05) is 0 Å². The zero-order valence-electron chi connectivity index (χ0n) is 21.6. The zero-order chi connectivity index (χ0) is 24.2. The number of hydrogen-bond donors (Lipinski definition) is 0. The fourth-order valence-corrected chi connectivity index (χ4v) is 5.23. The number of aromatic nitrogens is 2. The molecule has 4 nitrogen and oxygen atoms in total. The molecule has 1 unspecified atom stereocenters. The lowest BCUT2D eigenvalue weighted by atomic mass is 9.79. The third-order valence-corrected chi connectivity index (χ3v) is 7.33. The molecule has 0 aliphatic heterocycles. The van der Waals surface area contributed by atoms with Crippen LogP contribution in [-0.4, -0.2) is 22.0 Å². The lowest BCUT2D eigenvalue weighted by Crippen LogP contribution is -2.15. The van der Waals surface area contributed by atoms with Crippen molar-refractivity contribution in [1.29, 1.82) is 0 Å². The first kappa shape index (κ1) is 26.4. The first-order chi connectivity index (χ1) is 16.5. The lowest BCUT2D eigenvalue weighted by molar-refractivity contribution is -0.145. The van der Waals surface area contributed by atoms with E-state index in [1.165, 1.54) is 69.4 Å². The van der Waals surface area contributed by atoms with Crippen LogP contribution in [0.3, 0.4) is 0 Å². The van der Waals surface area contributed by atoms with Crippen LogP contribution >= 0.6 is 0 Å². The van der Waals surface area contributed by atoms with Gasteiger partial charge in [0.05, 0.1) is 6.10 Å². The Balaban J connectivity index is 1.40. The molecule has 1 saturated carbocycles. The molecule has 1 aliphatic rings. The number of carbonyl (C=O) groups is 1. The number of rotatable bonds is 13. The minimum absolute atomic E-state index is 0.0240. The Kier molecular flexibility index (Phi) is 11.0. The number of esters is 1. The van der Waals surface area contributed by atoms with Gasteiger partial charge in [0.25, 0.3) is 0 Å². The lowest BCUT2D eigenvalue weighted by Gasteiger charge is -2.27. The number of carbonyl (C=O) groups excluding carboxylic acids is 1. The average molecular weight is 465 g/mol. The molecule has 3 rings (SSSR count). The third kappa shape index (κ3) is 8.85. The molecule has 1 aliphatic carbocycles. The summed E-state index contributed by atoms with van der Waals surface area (Å²) in [5.74, 6) is 2.31. The predicted octanol–water partition coefficient (Wildman–Crippen LogP) is 8.05. The molecule has 0 radical (unpaired) electrons. The summed E-state index contributed by atoms with van der Waals surface area (Å²) < 4.78 is 5.18. The van der Waals surface area contributed by atoms with E-state index in [1.807, 2.05) is 19.3 Å². The van der Waals surface area contributed by atoms with E-state index in [-0.39, 0.29) is 12.1 Å². The van der Waals surface area contributed by atoms with E-state index in [1.54, 1.807) is 0 Å². The number of benzene rings is 1. The summed E-state index contributed by atoms with van der Waals surface area (Å²) in [4.78, 5) is 20.5. The van der Waals surface area contributed by atoms with Gasteiger partial charge in [-0.2, -0.15) is 0 Å². The van der Waals surface area contributed by atoms with Crippen molar-refractivity contribution in [3.8, 4) is 11.1 Å². The van der Waals surface area contributed by atoms with E-state index in [0.717, 1.165) is 49.4 Å². The molecule has 0 N–H and O–H groups in total. The molecule has 0 spiro atoms. The Hall–Kier alpha value is -2.23. The summed E-state index contributed by atoms with van der Waals surface area (Å²) >= 11 is 0. The van der Waals surface area contributed by atoms with Crippen molar-refractivity contribution >= 4 is 5.97 Å². The third-order valence-electron chi connectivity index (χ3n) is 7.33. The van der Waals surface area contributed by atoms with Gasteiger partial charge in [-0.15, -0.1) is 0 Å². The van der Waals surface area contributed by atoms with Gasteiger partial charge >= 0.3 is 5.97 Å². The maximum absolute atomic E-state index is 11.0. The topological polar surface area (TPSA) is 52.1 Å². The van der Waals surface area contributed by atoms with Crippen LogP contribution in [0.4, 0.5) is 0 Å². The van der Waals surface area contributed by atoms with E-state index in [2.05, 4.69) is 31.2 Å². The summed E-state index contributed by atoms with van der Waals surface area (Å²) in [5, 5.41) is 0. The Morgan fingerprint density at radius 1 is 0.941 bits per heavy atom. The SMILES string of the molecule is CCCCCC1CCC(c2ncc(-c3ccc(CCCCCC(C)OC(C)=O)cc3)cn2)CC1. The molecule has 1 aromatic heterocycles. The van der Waals surface area contributed by atoms with Crippen molar-refractivity contribution in [3.63, 3.8) is 0 Å². The maximum Gasteiger partial charge on any atom is 0.302 e. The van der Waals surface area contributed by atoms with Crippen LogP contribution < -0.4 is 0 Å². The van der Waals surface area contributed by atoms with Gasteiger partial charge in [0, 0.05) is 30.8 Å². The number of aryl methyl sites for hydroxylation is 1. The molecule has 1 atom stereocenters. The fourth-order valence-electron chi connectivity index (χ4n) is 5.23. The van der Waals surface area contributed by atoms with E-state index in [9.17, 15) is 4.79 Å². The van der Waals surface area contributed by atoms with E-state index < -0.39 is 0 Å². The highest BCUT2D eigenvalue weighted by Gasteiger charge is 2.23. The molecular formula is C30H44N2O2. The molecule has 34 heavy (non-hydrogen) atoms.